The van der Waals surface area contributed by atoms with Gasteiger partial charge in [-0.2, -0.15) is 0 Å². The van der Waals surface area contributed by atoms with Crippen LogP contribution in [0.5, 0.6) is 0 Å². The van der Waals surface area contributed by atoms with Crippen molar-refractivity contribution >= 4 is 5.97 Å². The third-order valence-corrected chi connectivity index (χ3v) is 4.32. The zero-order valence-corrected chi connectivity index (χ0v) is 12.8. The van der Waals surface area contributed by atoms with E-state index >= 15 is 0 Å². The molecule has 3 heteroatoms. The Bertz CT molecular complexity index is 639. The molecule has 3 rings (SSSR count). The fraction of sp³-hybridized carbons (Fsp3) is 0.316. The van der Waals surface area contributed by atoms with Gasteiger partial charge in [-0.3, -0.25) is 5.32 Å². The number of ether oxygens (including phenoxy) is 1. The van der Waals surface area contributed by atoms with Gasteiger partial charge >= 0.3 is 5.97 Å². The fourth-order valence-corrected chi connectivity index (χ4v) is 3.14. The number of aryl methyl sites for hydroxylation is 1. The topological polar surface area (TPSA) is 38.3 Å². The number of benzene rings is 2. The third kappa shape index (κ3) is 3.20. The summed E-state index contributed by atoms with van der Waals surface area (Å²) in [6, 6.07) is 18.2. The van der Waals surface area contributed by atoms with Crippen LogP contribution in [0.25, 0.3) is 0 Å². The first-order chi connectivity index (χ1) is 10.8. The Hall–Kier alpha value is -2.13. The van der Waals surface area contributed by atoms with Crippen LogP contribution >= 0.6 is 0 Å². The SMILES string of the molecule is COC(=O)[C@H](N[C@H]1CCc2ccccc2C1)c1ccccc1. The van der Waals surface area contributed by atoms with Crippen LogP contribution in [0.2, 0.25) is 0 Å². The van der Waals surface area contributed by atoms with Gasteiger partial charge in [-0.1, -0.05) is 54.6 Å². The molecule has 1 N–H and O–H groups in total. The molecule has 0 aliphatic heterocycles. The van der Waals surface area contributed by atoms with Gasteiger partial charge in [0.05, 0.1) is 7.11 Å². The Morgan fingerprint density at radius 2 is 1.77 bits per heavy atom. The van der Waals surface area contributed by atoms with Crippen LogP contribution in [0.3, 0.4) is 0 Å². The van der Waals surface area contributed by atoms with Crippen molar-refractivity contribution in [1.29, 1.82) is 0 Å². The highest BCUT2D eigenvalue weighted by Gasteiger charge is 2.26. The minimum Gasteiger partial charge on any atom is -0.468 e. The average molecular weight is 295 g/mol. The van der Waals surface area contributed by atoms with Crippen LogP contribution in [0.15, 0.2) is 54.6 Å². The van der Waals surface area contributed by atoms with Crippen molar-refractivity contribution in [3.63, 3.8) is 0 Å². The highest BCUT2D eigenvalue weighted by Crippen LogP contribution is 2.24. The molecule has 0 saturated carbocycles. The molecule has 0 bridgehead atoms. The summed E-state index contributed by atoms with van der Waals surface area (Å²) in [4.78, 5) is 12.1. The monoisotopic (exact) mass is 295 g/mol. The zero-order valence-electron chi connectivity index (χ0n) is 12.8. The van der Waals surface area contributed by atoms with E-state index in [0.29, 0.717) is 6.04 Å². The summed E-state index contributed by atoms with van der Waals surface area (Å²) in [5, 5.41) is 3.49. The predicted molar refractivity (Wildman–Crippen MR) is 86.6 cm³/mol. The lowest BCUT2D eigenvalue weighted by atomic mass is 9.87. The first kappa shape index (κ1) is 14.8. The minimum absolute atomic E-state index is 0.231. The number of carbonyl (C=O) groups excluding carboxylic acids is 1. The van der Waals surface area contributed by atoms with E-state index in [4.69, 9.17) is 4.74 Å². The second-order valence-corrected chi connectivity index (χ2v) is 5.74. The number of hydrogen-bond donors (Lipinski definition) is 1. The number of hydrogen-bond acceptors (Lipinski definition) is 3. The Morgan fingerprint density at radius 1 is 1.09 bits per heavy atom. The average Bonchev–Trinajstić information content (AvgIpc) is 2.59. The molecule has 0 saturated heterocycles. The summed E-state index contributed by atoms with van der Waals surface area (Å²) in [5.74, 6) is -0.231. The van der Waals surface area contributed by atoms with Gasteiger partial charge in [0, 0.05) is 6.04 Å². The van der Waals surface area contributed by atoms with E-state index in [1.165, 1.54) is 18.2 Å². The number of methoxy groups -OCH3 is 1. The molecule has 0 aromatic heterocycles. The summed E-state index contributed by atoms with van der Waals surface area (Å²) in [6.07, 6.45) is 3.05. The molecule has 0 spiro atoms. The van der Waals surface area contributed by atoms with Crippen molar-refractivity contribution in [3.05, 3.63) is 71.3 Å². The molecule has 0 heterocycles. The quantitative estimate of drug-likeness (QED) is 0.881. The molecule has 0 unspecified atom stereocenters. The lowest BCUT2D eigenvalue weighted by molar-refractivity contribution is -0.143. The molecule has 1 aliphatic rings. The first-order valence-electron chi connectivity index (χ1n) is 7.73. The third-order valence-electron chi connectivity index (χ3n) is 4.32. The zero-order chi connectivity index (χ0) is 15.4. The van der Waals surface area contributed by atoms with E-state index in [9.17, 15) is 4.79 Å². The number of carbonyl (C=O) groups is 1. The minimum atomic E-state index is -0.401. The number of fused-ring (bicyclic) bond motifs is 1. The van der Waals surface area contributed by atoms with E-state index in [1.807, 2.05) is 30.3 Å². The second-order valence-electron chi connectivity index (χ2n) is 5.74. The molecule has 2 aromatic carbocycles. The standard InChI is InChI=1S/C19H21NO2/c1-22-19(21)18(15-8-3-2-4-9-15)20-17-12-11-14-7-5-6-10-16(14)13-17/h2-10,17-18,20H,11-13H2,1H3/t17-,18+/m0/s1. The summed E-state index contributed by atoms with van der Waals surface area (Å²) in [7, 11) is 1.44. The number of rotatable bonds is 4. The lowest BCUT2D eigenvalue weighted by Gasteiger charge is -2.29. The Kier molecular flexibility index (Phi) is 4.54. The lowest BCUT2D eigenvalue weighted by Crippen LogP contribution is -2.40. The molecule has 0 radical (unpaired) electrons. The molecule has 3 nitrogen and oxygen atoms in total. The molecule has 1 aliphatic carbocycles. The highest BCUT2D eigenvalue weighted by atomic mass is 16.5. The largest absolute Gasteiger partial charge is 0.468 e. The van der Waals surface area contributed by atoms with Gasteiger partial charge in [0.1, 0.15) is 6.04 Å². The normalized spacial score (nSPS) is 18.3. The van der Waals surface area contributed by atoms with Crippen LogP contribution < -0.4 is 5.32 Å². The van der Waals surface area contributed by atoms with Crippen molar-refractivity contribution in [1.82, 2.24) is 5.32 Å². The first-order valence-corrected chi connectivity index (χ1v) is 7.73. The van der Waals surface area contributed by atoms with Crippen molar-refractivity contribution < 1.29 is 9.53 Å². The predicted octanol–water partition coefficient (Wildman–Crippen LogP) is 3.05. The van der Waals surface area contributed by atoms with Gasteiger partial charge in [-0.15, -0.1) is 0 Å². The Balaban J connectivity index is 1.76. The number of esters is 1. The van der Waals surface area contributed by atoms with E-state index in [2.05, 4.69) is 29.6 Å². The van der Waals surface area contributed by atoms with Gasteiger partial charge < -0.3 is 4.74 Å². The summed E-state index contributed by atoms with van der Waals surface area (Å²) in [6.45, 7) is 0. The molecular weight excluding hydrogens is 274 g/mol. The van der Waals surface area contributed by atoms with E-state index in [-0.39, 0.29) is 5.97 Å². The van der Waals surface area contributed by atoms with Crippen LogP contribution in [-0.4, -0.2) is 19.1 Å². The van der Waals surface area contributed by atoms with Gasteiger partial charge in [0.2, 0.25) is 0 Å². The van der Waals surface area contributed by atoms with Gasteiger partial charge in [0.25, 0.3) is 0 Å². The van der Waals surface area contributed by atoms with Crippen LogP contribution in [-0.2, 0) is 22.4 Å². The van der Waals surface area contributed by atoms with Gasteiger partial charge in [-0.05, 0) is 36.0 Å². The van der Waals surface area contributed by atoms with Gasteiger partial charge in [-0.25, -0.2) is 4.79 Å². The molecule has 2 aromatic rings. The van der Waals surface area contributed by atoms with Gasteiger partial charge in [0.15, 0.2) is 0 Å². The maximum Gasteiger partial charge on any atom is 0.327 e. The molecule has 0 fully saturated rings. The molecule has 0 amide bonds. The Labute approximate surface area is 131 Å². The van der Waals surface area contributed by atoms with Crippen LogP contribution in [0.4, 0.5) is 0 Å². The van der Waals surface area contributed by atoms with E-state index in [0.717, 1.165) is 24.8 Å². The molecule has 2 atom stereocenters. The maximum absolute atomic E-state index is 12.1. The Morgan fingerprint density at radius 3 is 2.50 bits per heavy atom. The van der Waals surface area contributed by atoms with Crippen molar-refractivity contribution in [2.45, 2.75) is 31.3 Å². The maximum atomic E-state index is 12.1. The summed E-state index contributed by atoms with van der Waals surface area (Å²) < 4.78 is 4.98. The molecular formula is C19H21NO2. The summed E-state index contributed by atoms with van der Waals surface area (Å²) in [5.41, 5.74) is 3.76. The van der Waals surface area contributed by atoms with Crippen molar-refractivity contribution in [3.8, 4) is 0 Å². The van der Waals surface area contributed by atoms with E-state index < -0.39 is 6.04 Å². The van der Waals surface area contributed by atoms with E-state index in [1.54, 1.807) is 0 Å². The summed E-state index contributed by atoms with van der Waals surface area (Å²) >= 11 is 0. The highest BCUT2D eigenvalue weighted by molar-refractivity contribution is 5.77. The number of nitrogens with one attached hydrogen (secondary N) is 1. The molecule has 22 heavy (non-hydrogen) atoms. The van der Waals surface area contributed by atoms with Crippen molar-refractivity contribution in [2.24, 2.45) is 0 Å². The smallest absolute Gasteiger partial charge is 0.327 e. The second kappa shape index (κ2) is 6.75. The van der Waals surface area contributed by atoms with Crippen LogP contribution in [0, 0.1) is 0 Å². The van der Waals surface area contributed by atoms with Crippen molar-refractivity contribution in [2.75, 3.05) is 7.11 Å². The molecule has 114 valence electrons. The van der Waals surface area contributed by atoms with Crippen LogP contribution in [0.1, 0.15) is 29.2 Å². The fourth-order valence-electron chi connectivity index (χ4n) is 3.14.